The fraction of sp³-hybridized carbons (Fsp3) is 0.391. The Hall–Kier alpha value is -3.02. The lowest BCUT2D eigenvalue weighted by Crippen LogP contribution is -2.34. The van der Waals surface area contributed by atoms with E-state index in [0.29, 0.717) is 12.2 Å². The van der Waals surface area contributed by atoms with E-state index in [0.717, 1.165) is 37.7 Å². The molecule has 0 atom stereocenters. The van der Waals surface area contributed by atoms with Crippen molar-refractivity contribution in [3.05, 3.63) is 63.8 Å². The summed E-state index contributed by atoms with van der Waals surface area (Å²) in [4.78, 5) is 43.2. The summed E-state index contributed by atoms with van der Waals surface area (Å²) in [7, 11) is 0. The summed E-state index contributed by atoms with van der Waals surface area (Å²) >= 11 is 0. The van der Waals surface area contributed by atoms with Crippen LogP contribution < -0.4 is 5.56 Å². The maximum absolute atomic E-state index is 13.4. The molecule has 2 aromatic rings. The zero-order valence-corrected chi connectivity index (χ0v) is 16.3. The molecule has 0 saturated heterocycles. The van der Waals surface area contributed by atoms with Crippen molar-refractivity contribution in [3.8, 4) is 11.4 Å². The maximum atomic E-state index is 13.4. The minimum atomic E-state index is -0.714. The Labute approximate surface area is 168 Å². The third-order valence-corrected chi connectivity index (χ3v) is 5.82. The Morgan fingerprint density at radius 3 is 2.41 bits per heavy atom. The van der Waals surface area contributed by atoms with E-state index in [1.54, 1.807) is 4.57 Å². The van der Waals surface area contributed by atoms with Gasteiger partial charge in [-0.2, -0.15) is 0 Å². The third kappa shape index (κ3) is 3.67. The number of benzene rings is 1. The van der Waals surface area contributed by atoms with E-state index >= 15 is 0 Å². The van der Waals surface area contributed by atoms with Crippen LogP contribution in [0.5, 0.6) is 0 Å². The number of rotatable bonds is 4. The maximum Gasteiger partial charge on any atom is 0.265 e. The fourth-order valence-electron chi connectivity index (χ4n) is 4.32. The summed E-state index contributed by atoms with van der Waals surface area (Å²) in [5.74, 6) is -0.808. The summed E-state index contributed by atoms with van der Waals surface area (Å²) in [6, 6.07) is 9.42. The molecule has 1 aromatic carbocycles. The fourth-order valence-corrected chi connectivity index (χ4v) is 4.32. The van der Waals surface area contributed by atoms with E-state index in [4.69, 9.17) is 0 Å². The first kappa shape index (κ1) is 19.3. The van der Waals surface area contributed by atoms with Crippen molar-refractivity contribution in [2.45, 2.75) is 57.4 Å². The van der Waals surface area contributed by atoms with Crippen molar-refractivity contribution in [2.24, 2.45) is 0 Å². The Morgan fingerprint density at radius 1 is 1.00 bits per heavy atom. The van der Waals surface area contributed by atoms with Gasteiger partial charge < -0.3 is 5.11 Å². The van der Waals surface area contributed by atoms with Gasteiger partial charge in [0, 0.05) is 30.6 Å². The lowest BCUT2D eigenvalue weighted by atomic mass is 9.90. The minimum absolute atomic E-state index is 0.0312. The van der Waals surface area contributed by atoms with E-state index in [9.17, 15) is 19.5 Å². The van der Waals surface area contributed by atoms with Gasteiger partial charge in [0.2, 0.25) is 5.78 Å². The number of allylic oxidation sites excluding steroid dienone is 2. The first-order valence-electron chi connectivity index (χ1n) is 10.2. The lowest BCUT2D eigenvalue weighted by Gasteiger charge is -2.26. The number of ketones is 2. The molecule has 2 aliphatic rings. The number of nitrogens with zero attached hydrogens (tertiary/aromatic N) is 2. The molecule has 1 heterocycles. The van der Waals surface area contributed by atoms with Gasteiger partial charge in [0.1, 0.15) is 22.7 Å². The Bertz CT molecular complexity index is 1030. The zero-order chi connectivity index (χ0) is 20.4. The van der Waals surface area contributed by atoms with E-state index in [1.165, 1.54) is 6.20 Å². The van der Waals surface area contributed by atoms with Crippen molar-refractivity contribution in [3.63, 3.8) is 0 Å². The predicted molar refractivity (Wildman–Crippen MR) is 109 cm³/mol. The summed E-state index contributed by atoms with van der Waals surface area (Å²) in [6.45, 7) is 0. The van der Waals surface area contributed by atoms with E-state index in [1.807, 2.05) is 30.3 Å². The van der Waals surface area contributed by atoms with Gasteiger partial charge in [0.05, 0.1) is 0 Å². The van der Waals surface area contributed by atoms with E-state index in [-0.39, 0.29) is 35.8 Å². The minimum Gasteiger partial charge on any atom is -0.511 e. The molecular weight excluding hydrogens is 368 g/mol. The first-order valence-corrected chi connectivity index (χ1v) is 10.2. The number of hydrogen-bond donors (Lipinski definition) is 1. The Balaban J connectivity index is 1.86. The molecule has 29 heavy (non-hydrogen) atoms. The molecule has 4 rings (SSSR count). The highest BCUT2D eigenvalue weighted by Crippen LogP contribution is 2.31. The molecule has 2 aliphatic carbocycles. The average molecular weight is 392 g/mol. The zero-order valence-electron chi connectivity index (χ0n) is 16.3. The number of aliphatic hydroxyl groups is 1. The van der Waals surface area contributed by atoms with Crippen LogP contribution in [0.3, 0.4) is 0 Å². The second-order valence-corrected chi connectivity index (χ2v) is 7.76. The van der Waals surface area contributed by atoms with Gasteiger partial charge in [-0.25, -0.2) is 4.98 Å². The van der Waals surface area contributed by atoms with Crippen LogP contribution in [0.25, 0.3) is 11.4 Å². The third-order valence-electron chi connectivity index (χ3n) is 5.82. The van der Waals surface area contributed by atoms with Crippen molar-refractivity contribution in [1.29, 1.82) is 0 Å². The van der Waals surface area contributed by atoms with Gasteiger partial charge in [-0.3, -0.25) is 19.0 Å². The average Bonchev–Trinajstić information content (AvgIpc) is 2.74. The summed E-state index contributed by atoms with van der Waals surface area (Å²) in [5, 5.41) is 10.1. The number of aliphatic hydroxyl groups excluding tert-OH is 1. The number of aromatic nitrogens is 2. The van der Waals surface area contributed by atoms with Crippen LogP contribution >= 0.6 is 0 Å². The highest BCUT2D eigenvalue weighted by Gasteiger charge is 2.31. The highest BCUT2D eigenvalue weighted by atomic mass is 16.3. The monoisotopic (exact) mass is 392 g/mol. The lowest BCUT2D eigenvalue weighted by molar-refractivity contribution is -0.116. The molecule has 0 bridgehead atoms. The van der Waals surface area contributed by atoms with Crippen LogP contribution in [-0.4, -0.2) is 26.2 Å². The van der Waals surface area contributed by atoms with Gasteiger partial charge in [-0.1, -0.05) is 49.6 Å². The molecule has 0 amide bonds. The summed E-state index contributed by atoms with van der Waals surface area (Å²) in [6.07, 6.45) is 7.14. The molecule has 0 radical (unpaired) electrons. The van der Waals surface area contributed by atoms with Crippen LogP contribution in [0.15, 0.2) is 52.7 Å². The topological polar surface area (TPSA) is 89.3 Å². The van der Waals surface area contributed by atoms with Gasteiger partial charge >= 0.3 is 0 Å². The van der Waals surface area contributed by atoms with Crippen LogP contribution in [-0.2, 0) is 4.79 Å². The summed E-state index contributed by atoms with van der Waals surface area (Å²) in [5.41, 5.74) is -0.0238. The quantitative estimate of drug-likeness (QED) is 0.623. The Kier molecular flexibility index (Phi) is 5.43. The van der Waals surface area contributed by atoms with Crippen molar-refractivity contribution in [1.82, 2.24) is 9.55 Å². The van der Waals surface area contributed by atoms with E-state index < -0.39 is 17.1 Å². The van der Waals surface area contributed by atoms with Crippen LogP contribution in [0.1, 0.15) is 67.8 Å². The largest absolute Gasteiger partial charge is 0.511 e. The molecule has 0 aliphatic heterocycles. The normalized spacial score (nSPS) is 18.1. The van der Waals surface area contributed by atoms with E-state index in [2.05, 4.69) is 4.98 Å². The number of Topliss-reactive ketones (excluding diaryl/α,β-unsaturated/α-hetero) is 2. The smallest absolute Gasteiger partial charge is 0.265 e. The predicted octanol–water partition coefficient (Wildman–Crippen LogP) is 4.16. The number of hydrogen-bond acceptors (Lipinski definition) is 5. The first-order chi connectivity index (χ1) is 14.1. The van der Waals surface area contributed by atoms with Crippen molar-refractivity contribution in [2.75, 3.05) is 0 Å². The molecule has 150 valence electrons. The van der Waals surface area contributed by atoms with Gasteiger partial charge in [0.15, 0.2) is 5.78 Å². The number of carbonyl (C=O) groups excluding carboxylic acids is 2. The highest BCUT2D eigenvalue weighted by molar-refractivity contribution is 6.26. The number of carbonyl (C=O) groups is 2. The molecular formula is C23H24N2O4. The molecule has 1 aromatic heterocycles. The van der Waals surface area contributed by atoms with Gasteiger partial charge in [0.25, 0.3) is 5.56 Å². The Morgan fingerprint density at radius 2 is 1.72 bits per heavy atom. The standard InChI is InChI=1S/C23H24N2O4/c26-18-12-7-13-19(27)20(18)21(28)17-14-24-22(15-8-3-1-4-9-15)25(23(17)29)16-10-5-2-6-11-16/h1,3-4,8-9,14,16,26H,2,5-7,10-13H2. The molecule has 1 saturated carbocycles. The molecule has 1 N–H and O–H groups in total. The van der Waals surface area contributed by atoms with Crippen molar-refractivity contribution >= 4 is 11.6 Å². The summed E-state index contributed by atoms with van der Waals surface area (Å²) < 4.78 is 1.63. The molecule has 6 nitrogen and oxygen atoms in total. The van der Waals surface area contributed by atoms with Crippen molar-refractivity contribution < 1.29 is 14.7 Å². The van der Waals surface area contributed by atoms with Gasteiger partial charge in [-0.05, 0) is 19.3 Å². The second-order valence-electron chi connectivity index (χ2n) is 7.76. The van der Waals surface area contributed by atoms with Crippen LogP contribution in [0.4, 0.5) is 0 Å². The molecule has 0 spiro atoms. The van der Waals surface area contributed by atoms with Crippen LogP contribution in [0.2, 0.25) is 0 Å². The van der Waals surface area contributed by atoms with Crippen LogP contribution in [0, 0.1) is 0 Å². The van der Waals surface area contributed by atoms with Gasteiger partial charge in [-0.15, -0.1) is 0 Å². The SMILES string of the molecule is O=C1CCCC(O)=C1C(=O)c1cnc(-c2ccccc2)n(C2CCCCC2)c1=O. The second kappa shape index (κ2) is 8.15. The molecule has 6 heteroatoms. The molecule has 0 unspecified atom stereocenters. The molecule has 1 fully saturated rings.